The zero-order chi connectivity index (χ0) is 23.1. The number of nitrogen functional groups attached to an aromatic ring is 1. The Morgan fingerprint density at radius 2 is 1.57 bits per heavy atom. The summed E-state index contributed by atoms with van der Waals surface area (Å²) in [7, 11) is 1.77. The molecule has 1 aromatic carbocycles. The number of alkyl carbamates (subject to hydrolysis) is 1. The largest absolute Gasteiger partial charge is 0.444 e. The number of thioether (sulfide) groups is 1. The molecule has 0 radical (unpaired) electrons. The van der Waals surface area contributed by atoms with E-state index in [0.717, 1.165) is 11.3 Å². The molecule has 1 rings (SSSR count). The van der Waals surface area contributed by atoms with Gasteiger partial charge < -0.3 is 25.8 Å². The highest BCUT2D eigenvalue weighted by Crippen LogP contribution is 2.31. The van der Waals surface area contributed by atoms with E-state index in [1.54, 1.807) is 39.6 Å². The van der Waals surface area contributed by atoms with Crippen LogP contribution < -0.4 is 21.7 Å². The first kappa shape index (κ1) is 25.7. The molecule has 0 heterocycles. The number of hydrogen-bond acceptors (Lipinski definition) is 7. The molecule has 0 spiro atoms. The van der Waals surface area contributed by atoms with Gasteiger partial charge in [-0.3, -0.25) is 5.32 Å². The van der Waals surface area contributed by atoms with Crippen LogP contribution in [0.3, 0.4) is 0 Å². The molecule has 0 aliphatic rings. The summed E-state index contributed by atoms with van der Waals surface area (Å²) in [5.41, 5.74) is 7.66. The molecule has 8 nitrogen and oxygen atoms in total. The average molecular weight is 441 g/mol. The molecule has 0 saturated heterocycles. The third-order valence-electron chi connectivity index (χ3n) is 3.54. The molecule has 1 aromatic rings. The van der Waals surface area contributed by atoms with Crippen molar-refractivity contribution in [3.8, 4) is 0 Å². The summed E-state index contributed by atoms with van der Waals surface area (Å²) in [5, 5.41) is 8.59. The Labute approximate surface area is 184 Å². The van der Waals surface area contributed by atoms with Gasteiger partial charge in [-0.15, -0.1) is 0 Å². The highest BCUT2D eigenvalue weighted by atomic mass is 32.2. The second-order valence-corrected chi connectivity index (χ2v) is 10.1. The number of anilines is 3. The van der Waals surface area contributed by atoms with Crippen molar-refractivity contribution in [2.75, 3.05) is 29.2 Å². The van der Waals surface area contributed by atoms with Gasteiger partial charge in [0.1, 0.15) is 11.2 Å². The van der Waals surface area contributed by atoms with E-state index in [-0.39, 0.29) is 6.04 Å². The van der Waals surface area contributed by atoms with Crippen LogP contribution in [0.1, 0.15) is 54.0 Å². The van der Waals surface area contributed by atoms with Crippen LogP contribution in [0.2, 0.25) is 0 Å². The Kier molecular flexibility index (Phi) is 9.14. The molecular formula is C21H36N4O4S. The van der Waals surface area contributed by atoms with E-state index in [1.165, 1.54) is 0 Å². The Balaban J connectivity index is 2.71. The number of carbonyl (C=O) groups excluding carboxylic acids is 2. The Morgan fingerprint density at radius 3 is 2.10 bits per heavy atom. The summed E-state index contributed by atoms with van der Waals surface area (Å²) in [6.45, 7) is 12.8. The van der Waals surface area contributed by atoms with Gasteiger partial charge in [-0.05, 0) is 66.2 Å². The van der Waals surface area contributed by atoms with Crippen LogP contribution in [0.5, 0.6) is 0 Å². The number of rotatable bonds is 7. The highest BCUT2D eigenvalue weighted by Gasteiger charge is 2.19. The minimum absolute atomic E-state index is 0.0539. The summed E-state index contributed by atoms with van der Waals surface area (Å²) in [4.78, 5) is 24.0. The van der Waals surface area contributed by atoms with Crippen molar-refractivity contribution in [2.45, 2.75) is 71.5 Å². The SMILES string of the molecule is CNc1cc(CSCC(C)NC(=O)OC(C)(C)C)cc(NC(=O)OC(C)(C)C)c1N. The van der Waals surface area contributed by atoms with Crippen molar-refractivity contribution in [3.63, 3.8) is 0 Å². The number of nitrogens with two attached hydrogens (primary N) is 1. The van der Waals surface area contributed by atoms with E-state index < -0.39 is 23.4 Å². The Morgan fingerprint density at radius 1 is 1.03 bits per heavy atom. The first-order valence-electron chi connectivity index (χ1n) is 9.87. The first-order chi connectivity index (χ1) is 13.7. The summed E-state index contributed by atoms with van der Waals surface area (Å²) in [5.74, 6) is 1.38. The van der Waals surface area contributed by atoms with E-state index >= 15 is 0 Å². The molecular weight excluding hydrogens is 404 g/mol. The second-order valence-electron chi connectivity index (χ2n) is 9.04. The van der Waals surface area contributed by atoms with Gasteiger partial charge in [-0.25, -0.2) is 9.59 Å². The van der Waals surface area contributed by atoms with Crippen molar-refractivity contribution in [2.24, 2.45) is 0 Å². The fraction of sp³-hybridized carbons (Fsp3) is 0.619. The average Bonchev–Trinajstić information content (AvgIpc) is 2.53. The van der Waals surface area contributed by atoms with E-state index in [2.05, 4.69) is 16.0 Å². The molecule has 0 bridgehead atoms. The van der Waals surface area contributed by atoms with Crippen LogP contribution in [0.25, 0.3) is 0 Å². The molecule has 0 aliphatic heterocycles. The van der Waals surface area contributed by atoms with Gasteiger partial charge >= 0.3 is 12.2 Å². The molecule has 1 unspecified atom stereocenters. The van der Waals surface area contributed by atoms with Gasteiger partial charge in [0.2, 0.25) is 0 Å². The van der Waals surface area contributed by atoms with Crippen LogP contribution >= 0.6 is 11.8 Å². The number of carbonyl (C=O) groups is 2. The quantitative estimate of drug-likeness (QED) is 0.450. The first-order valence-corrected chi connectivity index (χ1v) is 11.0. The third-order valence-corrected chi connectivity index (χ3v) is 4.82. The van der Waals surface area contributed by atoms with Gasteiger partial charge in [-0.2, -0.15) is 11.8 Å². The molecule has 0 aromatic heterocycles. The maximum absolute atomic E-state index is 12.1. The third kappa shape index (κ3) is 9.96. The number of benzene rings is 1. The molecule has 1 atom stereocenters. The summed E-state index contributed by atoms with van der Waals surface area (Å²) >= 11 is 1.65. The zero-order valence-corrected chi connectivity index (χ0v) is 20.1. The van der Waals surface area contributed by atoms with Crippen LogP contribution in [0.4, 0.5) is 26.7 Å². The molecule has 0 saturated carbocycles. The fourth-order valence-electron chi connectivity index (χ4n) is 2.42. The number of amides is 2. The summed E-state index contributed by atoms with van der Waals surface area (Å²) in [6, 6.07) is 3.72. The van der Waals surface area contributed by atoms with E-state index in [1.807, 2.05) is 39.8 Å². The monoisotopic (exact) mass is 440 g/mol. The molecule has 30 heavy (non-hydrogen) atoms. The normalized spacial score (nSPS) is 12.7. The lowest BCUT2D eigenvalue weighted by molar-refractivity contribution is 0.0512. The Bertz CT molecular complexity index is 742. The molecule has 170 valence electrons. The van der Waals surface area contributed by atoms with Gasteiger partial charge in [0.05, 0.1) is 17.1 Å². The lowest BCUT2D eigenvalue weighted by atomic mass is 10.1. The standard InChI is InChI=1S/C21H36N4O4S/c1-13(24-18(26)28-20(2,3)4)11-30-12-14-9-15(23-8)17(22)16(10-14)25-19(27)29-21(5,6)7/h9-10,13,23H,11-12,22H2,1-8H3,(H,24,26)(H,25,27). The van der Waals surface area contributed by atoms with Crippen molar-refractivity contribution in [1.82, 2.24) is 5.32 Å². The van der Waals surface area contributed by atoms with E-state index in [0.29, 0.717) is 22.9 Å². The molecule has 5 N–H and O–H groups in total. The van der Waals surface area contributed by atoms with Crippen molar-refractivity contribution in [1.29, 1.82) is 0 Å². The molecule has 0 aliphatic carbocycles. The predicted molar refractivity (Wildman–Crippen MR) is 125 cm³/mol. The number of nitrogens with one attached hydrogen (secondary N) is 3. The molecule has 9 heteroatoms. The lowest BCUT2D eigenvalue weighted by Crippen LogP contribution is -2.38. The van der Waals surface area contributed by atoms with Crippen LogP contribution in [0, 0.1) is 0 Å². The second kappa shape index (κ2) is 10.7. The minimum atomic E-state index is -0.602. The summed E-state index contributed by atoms with van der Waals surface area (Å²) < 4.78 is 10.6. The van der Waals surface area contributed by atoms with Gasteiger partial charge in [0.15, 0.2) is 0 Å². The summed E-state index contributed by atoms with van der Waals surface area (Å²) in [6.07, 6.45) is -0.986. The van der Waals surface area contributed by atoms with E-state index in [4.69, 9.17) is 15.2 Å². The van der Waals surface area contributed by atoms with Crippen LogP contribution in [-0.2, 0) is 15.2 Å². The number of hydrogen-bond donors (Lipinski definition) is 4. The smallest absolute Gasteiger partial charge is 0.412 e. The van der Waals surface area contributed by atoms with Crippen molar-refractivity contribution in [3.05, 3.63) is 17.7 Å². The van der Waals surface area contributed by atoms with E-state index in [9.17, 15) is 9.59 Å². The zero-order valence-electron chi connectivity index (χ0n) is 19.3. The number of ether oxygens (including phenoxy) is 2. The lowest BCUT2D eigenvalue weighted by Gasteiger charge is -2.22. The van der Waals surface area contributed by atoms with Gasteiger partial charge in [-0.1, -0.05) is 0 Å². The van der Waals surface area contributed by atoms with Crippen molar-refractivity contribution >= 4 is 41.0 Å². The van der Waals surface area contributed by atoms with Gasteiger partial charge in [0.25, 0.3) is 0 Å². The minimum Gasteiger partial charge on any atom is -0.444 e. The maximum Gasteiger partial charge on any atom is 0.412 e. The van der Waals surface area contributed by atoms with Crippen LogP contribution in [-0.4, -0.2) is 42.2 Å². The molecule has 0 fully saturated rings. The van der Waals surface area contributed by atoms with Crippen LogP contribution in [0.15, 0.2) is 12.1 Å². The fourth-order valence-corrected chi connectivity index (χ4v) is 3.38. The molecule has 2 amide bonds. The predicted octanol–water partition coefficient (Wildman–Crippen LogP) is 4.80. The highest BCUT2D eigenvalue weighted by molar-refractivity contribution is 7.98. The topological polar surface area (TPSA) is 115 Å². The van der Waals surface area contributed by atoms with Crippen molar-refractivity contribution < 1.29 is 19.1 Å². The Hall–Kier alpha value is -2.29. The van der Waals surface area contributed by atoms with Gasteiger partial charge in [0, 0.05) is 24.6 Å². The maximum atomic E-state index is 12.1.